The first-order valence-electron chi connectivity index (χ1n) is 5.79. The fourth-order valence-electron chi connectivity index (χ4n) is 2.01. The summed E-state index contributed by atoms with van der Waals surface area (Å²) in [5, 5.41) is 18.1. The molecule has 0 bridgehead atoms. The van der Waals surface area contributed by atoms with Gasteiger partial charge in [0, 0.05) is 26.1 Å². The molecule has 1 saturated heterocycles. The van der Waals surface area contributed by atoms with Crippen LogP contribution in [0.3, 0.4) is 0 Å². The monoisotopic (exact) mass is 256 g/mol. The summed E-state index contributed by atoms with van der Waals surface area (Å²) in [6.45, 7) is 1.04. The molecular weight excluding hydrogens is 240 g/mol. The quantitative estimate of drug-likeness (QED) is 0.670. The van der Waals surface area contributed by atoms with Crippen LogP contribution in [0.25, 0.3) is 0 Å². The van der Waals surface area contributed by atoms with E-state index in [1.54, 1.807) is 0 Å². The zero-order valence-electron chi connectivity index (χ0n) is 9.89. The van der Waals surface area contributed by atoms with Crippen molar-refractivity contribution in [1.29, 1.82) is 0 Å². The van der Waals surface area contributed by atoms with Gasteiger partial charge in [0.25, 0.3) is 5.56 Å². The van der Waals surface area contributed by atoms with Gasteiger partial charge in [-0.1, -0.05) is 0 Å². The molecule has 0 unspecified atom stereocenters. The van der Waals surface area contributed by atoms with E-state index < -0.39 is 16.9 Å². The zero-order valence-corrected chi connectivity index (χ0v) is 9.89. The molecule has 0 spiro atoms. The second-order valence-corrected chi connectivity index (χ2v) is 4.12. The minimum atomic E-state index is -0.756. The lowest BCUT2D eigenvalue weighted by atomic mass is 9.93. The van der Waals surface area contributed by atoms with Crippen LogP contribution in [0.1, 0.15) is 18.7 Å². The van der Waals surface area contributed by atoms with E-state index in [4.69, 9.17) is 14.6 Å². The lowest BCUT2D eigenvalue weighted by Crippen LogP contribution is -2.40. The van der Waals surface area contributed by atoms with Gasteiger partial charge in [0.05, 0.1) is 19.4 Å². The summed E-state index contributed by atoms with van der Waals surface area (Å²) in [5.41, 5.74) is -1.35. The number of hydrogen-bond acceptors (Lipinski definition) is 6. The minimum absolute atomic E-state index is 0.106. The number of rotatable bonds is 4. The molecule has 0 aromatic carbocycles. The van der Waals surface area contributed by atoms with Crippen LogP contribution in [0.15, 0.2) is 11.0 Å². The van der Waals surface area contributed by atoms with Gasteiger partial charge >= 0.3 is 0 Å². The van der Waals surface area contributed by atoms with E-state index in [0.717, 1.165) is 6.20 Å². The Morgan fingerprint density at radius 3 is 2.83 bits per heavy atom. The molecule has 18 heavy (non-hydrogen) atoms. The van der Waals surface area contributed by atoms with Crippen LogP contribution in [-0.2, 0) is 15.1 Å². The van der Waals surface area contributed by atoms with E-state index >= 15 is 0 Å². The molecule has 1 aromatic heterocycles. The number of nitrogens with zero attached hydrogens (tertiary/aromatic N) is 1. The van der Waals surface area contributed by atoms with Gasteiger partial charge < -0.3 is 24.7 Å². The van der Waals surface area contributed by atoms with Gasteiger partial charge in [-0.3, -0.25) is 4.79 Å². The first-order valence-corrected chi connectivity index (χ1v) is 5.79. The number of hydrogen-bond donors (Lipinski definition) is 3. The molecule has 1 aromatic rings. The van der Waals surface area contributed by atoms with E-state index in [0.29, 0.717) is 31.9 Å². The van der Waals surface area contributed by atoms with E-state index in [1.165, 1.54) is 0 Å². The van der Waals surface area contributed by atoms with Gasteiger partial charge in [-0.05, 0) is 0 Å². The predicted molar refractivity (Wildman–Crippen MR) is 61.3 cm³/mol. The first kappa shape index (κ1) is 13.0. The summed E-state index contributed by atoms with van der Waals surface area (Å²) in [7, 11) is 0. The number of aromatic hydroxyl groups is 1. The number of aliphatic hydroxyl groups is 1. The fourth-order valence-corrected chi connectivity index (χ4v) is 2.01. The van der Waals surface area contributed by atoms with Gasteiger partial charge in [-0.15, -0.1) is 0 Å². The van der Waals surface area contributed by atoms with Crippen molar-refractivity contribution in [3.63, 3.8) is 0 Å². The van der Waals surface area contributed by atoms with Crippen LogP contribution in [0.2, 0.25) is 0 Å². The Hall–Kier alpha value is -1.44. The average molecular weight is 256 g/mol. The second kappa shape index (κ2) is 5.47. The number of nitrogens with one attached hydrogen (secondary N) is 1. The molecule has 0 atom stereocenters. The van der Waals surface area contributed by atoms with Crippen LogP contribution in [0, 0.1) is 0 Å². The third-order valence-corrected chi connectivity index (χ3v) is 2.98. The topological polar surface area (TPSA) is 105 Å². The highest BCUT2D eigenvalue weighted by Gasteiger charge is 2.38. The molecule has 1 aliphatic rings. The van der Waals surface area contributed by atoms with Crippen molar-refractivity contribution < 1.29 is 19.7 Å². The normalized spacial score (nSPS) is 18.7. The number of aliphatic hydroxyl groups excluding tert-OH is 1. The van der Waals surface area contributed by atoms with Crippen molar-refractivity contribution in [2.75, 3.05) is 26.4 Å². The van der Waals surface area contributed by atoms with E-state index in [1.807, 2.05) is 0 Å². The molecule has 0 aliphatic carbocycles. The summed E-state index contributed by atoms with van der Waals surface area (Å²) in [4.78, 5) is 18.0. The summed E-state index contributed by atoms with van der Waals surface area (Å²) in [5.74, 6) is -0.0647. The number of aromatic amines is 1. The minimum Gasteiger partial charge on any atom is -0.502 e. The maximum Gasteiger partial charge on any atom is 0.293 e. The van der Waals surface area contributed by atoms with Crippen molar-refractivity contribution in [1.82, 2.24) is 9.97 Å². The highest BCUT2D eigenvalue weighted by molar-refractivity contribution is 5.14. The number of H-pyrrole nitrogens is 1. The van der Waals surface area contributed by atoms with Crippen LogP contribution < -0.4 is 5.56 Å². The van der Waals surface area contributed by atoms with Crippen LogP contribution in [-0.4, -0.2) is 46.6 Å². The Morgan fingerprint density at radius 2 is 2.22 bits per heavy atom. The van der Waals surface area contributed by atoms with E-state index in [2.05, 4.69) is 9.97 Å². The molecule has 0 amide bonds. The second-order valence-electron chi connectivity index (χ2n) is 4.12. The number of ether oxygens (including phenoxy) is 2. The van der Waals surface area contributed by atoms with Crippen LogP contribution >= 0.6 is 0 Å². The summed E-state index contributed by atoms with van der Waals surface area (Å²) in [6, 6.07) is 0. The predicted octanol–water partition coefficient (Wildman–Crippen LogP) is -0.510. The Labute approximate surface area is 103 Å². The SMILES string of the molecule is O=c1[nH]c(C2(OCCO)CCOCC2)ncc1O. The van der Waals surface area contributed by atoms with Gasteiger partial charge in [0.1, 0.15) is 11.4 Å². The van der Waals surface area contributed by atoms with Gasteiger partial charge in [-0.2, -0.15) is 0 Å². The van der Waals surface area contributed by atoms with Gasteiger partial charge in [-0.25, -0.2) is 4.98 Å². The van der Waals surface area contributed by atoms with Crippen molar-refractivity contribution >= 4 is 0 Å². The lowest BCUT2D eigenvalue weighted by Gasteiger charge is -2.35. The van der Waals surface area contributed by atoms with Gasteiger partial charge in [0.2, 0.25) is 0 Å². The molecular formula is C11H16N2O5. The molecule has 100 valence electrons. The largest absolute Gasteiger partial charge is 0.502 e. The Kier molecular flexibility index (Phi) is 3.95. The standard InChI is InChI=1S/C11H16N2O5/c14-3-6-18-11(1-4-17-5-2-11)10-12-7-8(15)9(16)13-10/h7,14-15H,1-6H2,(H,12,13,16). The third-order valence-electron chi connectivity index (χ3n) is 2.98. The molecule has 7 heteroatoms. The van der Waals surface area contributed by atoms with Crippen LogP contribution in [0.4, 0.5) is 0 Å². The molecule has 3 N–H and O–H groups in total. The Morgan fingerprint density at radius 1 is 1.50 bits per heavy atom. The van der Waals surface area contributed by atoms with Crippen LogP contribution in [0.5, 0.6) is 5.75 Å². The maximum absolute atomic E-state index is 11.4. The summed E-state index contributed by atoms with van der Waals surface area (Å²) >= 11 is 0. The van der Waals surface area contributed by atoms with Crippen molar-refractivity contribution in [2.24, 2.45) is 0 Å². The third kappa shape index (κ3) is 2.53. The summed E-state index contributed by atoms with van der Waals surface area (Å²) in [6.07, 6.45) is 2.19. The average Bonchev–Trinajstić information content (AvgIpc) is 2.40. The highest BCUT2D eigenvalue weighted by atomic mass is 16.5. The van der Waals surface area contributed by atoms with E-state index in [-0.39, 0.29) is 13.2 Å². The molecule has 0 saturated carbocycles. The molecule has 1 fully saturated rings. The first-order chi connectivity index (χ1) is 8.68. The molecule has 7 nitrogen and oxygen atoms in total. The fraction of sp³-hybridized carbons (Fsp3) is 0.636. The molecule has 2 rings (SSSR count). The van der Waals surface area contributed by atoms with Crippen molar-refractivity contribution in [3.05, 3.63) is 22.4 Å². The molecule has 0 radical (unpaired) electrons. The molecule has 1 aliphatic heterocycles. The lowest BCUT2D eigenvalue weighted by molar-refractivity contribution is -0.127. The highest BCUT2D eigenvalue weighted by Crippen LogP contribution is 2.33. The van der Waals surface area contributed by atoms with Crippen molar-refractivity contribution in [2.45, 2.75) is 18.4 Å². The van der Waals surface area contributed by atoms with Gasteiger partial charge in [0.15, 0.2) is 5.75 Å². The maximum atomic E-state index is 11.4. The summed E-state index contributed by atoms with van der Waals surface area (Å²) < 4.78 is 10.9. The zero-order chi connectivity index (χ0) is 13.0. The molecule has 2 heterocycles. The van der Waals surface area contributed by atoms with E-state index in [9.17, 15) is 9.90 Å². The number of aromatic nitrogens is 2. The Bertz CT molecular complexity index is 453. The van der Waals surface area contributed by atoms with Crippen molar-refractivity contribution in [3.8, 4) is 5.75 Å². The smallest absolute Gasteiger partial charge is 0.293 e. The Balaban J connectivity index is 2.32.